The van der Waals surface area contributed by atoms with E-state index in [0.29, 0.717) is 6.61 Å². The van der Waals surface area contributed by atoms with Crippen LogP contribution in [0.5, 0.6) is 5.75 Å². The van der Waals surface area contributed by atoms with Gasteiger partial charge in [-0.05, 0) is 32.4 Å². The quantitative estimate of drug-likeness (QED) is 0.325. The molecule has 0 fully saturated rings. The second kappa shape index (κ2) is 11.8. The molecule has 114 valence electrons. The summed E-state index contributed by atoms with van der Waals surface area (Å²) < 4.78 is 5.65. The van der Waals surface area contributed by atoms with Crippen molar-refractivity contribution in [3.8, 4) is 5.75 Å². The lowest BCUT2D eigenvalue weighted by Gasteiger charge is -2.12. The molecule has 5 heteroatoms. The standard InChI is InChI=1S/C15H25N3O.HI/c1-4-10-17-15(16-5-2)18-11-12-19-14-8-6-13(3)7-9-14;/h6-9H,4-5,10-12H2,1-3H3,(H2,16,17,18);1H. The molecule has 0 spiro atoms. The number of aryl methyl sites for hydroxylation is 1. The minimum atomic E-state index is 0. The van der Waals surface area contributed by atoms with Crippen LogP contribution in [-0.2, 0) is 0 Å². The van der Waals surface area contributed by atoms with Gasteiger partial charge in [0.1, 0.15) is 12.4 Å². The molecule has 0 atom stereocenters. The molecule has 0 amide bonds. The van der Waals surface area contributed by atoms with Crippen LogP contribution in [0.2, 0.25) is 0 Å². The van der Waals surface area contributed by atoms with Crippen LogP contribution in [0.25, 0.3) is 0 Å². The Labute approximate surface area is 139 Å². The third-order valence-corrected chi connectivity index (χ3v) is 2.52. The molecule has 0 aliphatic rings. The predicted molar refractivity (Wildman–Crippen MR) is 96.4 cm³/mol. The van der Waals surface area contributed by atoms with E-state index in [9.17, 15) is 0 Å². The number of aliphatic imine (C=N–C) groups is 1. The minimum absolute atomic E-state index is 0. The van der Waals surface area contributed by atoms with Gasteiger partial charge in [0, 0.05) is 13.1 Å². The third-order valence-electron chi connectivity index (χ3n) is 2.52. The van der Waals surface area contributed by atoms with E-state index in [2.05, 4.69) is 48.5 Å². The summed E-state index contributed by atoms with van der Waals surface area (Å²) in [5, 5.41) is 6.46. The lowest BCUT2D eigenvalue weighted by Crippen LogP contribution is -2.39. The molecule has 20 heavy (non-hydrogen) atoms. The smallest absolute Gasteiger partial charge is 0.191 e. The first kappa shape index (κ1) is 19.0. The lowest BCUT2D eigenvalue weighted by molar-refractivity contribution is 0.322. The summed E-state index contributed by atoms with van der Waals surface area (Å²) in [5.74, 6) is 1.76. The molecule has 0 unspecified atom stereocenters. The second-order valence-electron chi connectivity index (χ2n) is 4.35. The molecule has 0 heterocycles. The first-order chi connectivity index (χ1) is 9.26. The highest BCUT2D eigenvalue weighted by molar-refractivity contribution is 14.0. The van der Waals surface area contributed by atoms with Crippen molar-refractivity contribution in [2.75, 3.05) is 26.2 Å². The van der Waals surface area contributed by atoms with Crippen LogP contribution in [0.3, 0.4) is 0 Å². The molecule has 0 saturated heterocycles. The molecule has 2 N–H and O–H groups in total. The van der Waals surface area contributed by atoms with Gasteiger partial charge in [-0.1, -0.05) is 24.6 Å². The van der Waals surface area contributed by atoms with Gasteiger partial charge < -0.3 is 15.4 Å². The largest absolute Gasteiger partial charge is 0.492 e. The molecule has 0 saturated carbocycles. The van der Waals surface area contributed by atoms with Gasteiger partial charge in [0.15, 0.2) is 5.96 Å². The molecule has 0 aliphatic heterocycles. The molecule has 0 bridgehead atoms. The number of rotatable bonds is 7. The summed E-state index contributed by atoms with van der Waals surface area (Å²) in [4.78, 5) is 4.43. The second-order valence-corrected chi connectivity index (χ2v) is 4.35. The summed E-state index contributed by atoms with van der Waals surface area (Å²) in [6, 6.07) is 8.09. The van der Waals surface area contributed by atoms with E-state index < -0.39 is 0 Å². The zero-order valence-electron chi connectivity index (χ0n) is 12.6. The van der Waals surface area contributed by atoms with Crippen molar-refractivity contribution in [2.24, 2.45) is 4.99 Å². The van der Waals surface area contributed by atoms with Crippen LogP contribution < -0.4 is 15.4 Å². The summed E-state index contributed by atoms with van der Waals surface area (Å²) in [6.07, 6.45) is 1.05. The van der Waals surface area contributed by atoms with Crippen molar-refractivity contribution in [3.05, 3.63) is 29.8 Å². The summed E-state index contributed by atoms with van der Waals surface area (Å²) >= 11 is 0. The highest BCUT2D eigenvalue weighted by Gasteiger charge is 1.97. The molecular weight excluding hydrogens is 365 g/mol. The van der Waals surface area contributed by atoms with Crippen molar-refractivity contribution < 1.29 is 4.74 Å². The van der Waals surface area contributed by atoms with Crippen LogP contribution >= 0.6 is 24.0 Å². The van der Waals surface area contributed by atoms with Crippen LogP contribution in [0.15, 0.2) is 29.3 Å². The molecule has 1 aromatic carbocycles. The number of benzene rings is 1. The summed E-state index contributed by atoms with van der Waals surface area (Å²) in [6.45, 7) is 9.32. The van der Waals surface area contributed by atoms with Gasteiger partial charge in [0.05, 0.1) is 6.54 Å². The van der Waals surface area contributed by atoms with Crippen molar-refractivity contribution in [3.63, 3.8) is 0 Å². The maximum Gasteiger partial charge on any atom is 0.191 e. The number of hydrogen-bond donors (Lipinski definition) is 2. The maximum atomic E-state index is 5.65. The van der Waals surface area contributed by atoms with E-state index in [0.717, 1.165) is 37.8 Å². The number of nitrogens with zero attached hydrogens (tertiary/aromatic N) is 1. The van der Waals surface area contributed by atoms with E-state index in [1.165, 1.54) is 5.56 Å². The van der Waals surface area contributed by atoms with E-state index >= 15 is 0 Å². The highest BCUT2D eigenvalue weighted by Crippen LogP contribution is 2.10. The van der Waals surface area contributed by atoms with Gasteiger partial charge in [0.25, 0.3) is 0 Å². The third kappa shape index (κ3) is 8.24. The predicted octanol–water partition coefficient (Wildman–Crippen LogP) is 2.96. The van der Waals surface area contributed by atoms with Crippen molar-refractivity contribution in [1.82, 2.24) is 10.6 Å². The highest BCUT2D eigenvalue weighted by atomic mass is 127. The van der Waals surface area contributed by atoms with Crippen molar-refractivity contribution in [1.29, 1.82) is 0 Å². The van der Waals surface area contributed by atoms with Crippen molar-refractivity contribution in [2.45, 2.75) is 27.2 Å². The Morgan fingerprint density at radius 1 is 1.15 bits per heavy atom. The first-order valence-electron chi connectivity index (χ1n) is 6.98. The zero-order chi connectivity index (χ0) is 13.9. The Morgan fingerprint density at radius 3 is 2.45 bits per heavy atom. The molecule has 4 nitrogen and oxygen atoms in total. The molecule has 0 aliphatic carbocycles. The average molecular weight is 391 g/mol. The van der Waals surface area contributed by atoms with Crippen LogP contribution in [-0.4, -0.2) is 32.2 Å². The van der Waals surface area contributed by atoms with Gasteiger partial charge in [0.2, 0.25) is 0 Å². The van der Waals surface area contributed by atoms with E-state index in [1.807, 2.05) is 12.1 Å². The van der Waals surface area contributed by atoms with Crippen LogP contribution in [0.4, 0.5) is 0 Å². The van der Waals surface area contributed by atoms with Crippen LogP contribution in [0, 0.1) is 6.92 Å². The number of guanidine groups is 1. The topological polar surface area (TPSA) is 45.7 Å². The molecule has 1 aromatic rings. The van der Waals surface area contributed by atoms with E-state index in [1.54, 1.807) is 0 Å². The Kier molecular flexibility index (Phi) is 11.2. The fraction of sp³-hybridized carbons (Fsp3) is 0.533. The maximum absolute atomic E-state index is 5.65. The zero-order valence-corrected chi connectivity index (χ0v) is 14.9. The minimum Gasteiger partial charge on any atom is -0.492 e. The first-order valence-corrected chi connectivity index (χ1v) is 6.98. The number of ether oxygens (including phenoxy) is 1. The molecule has 0 aromatic heterocycles. The Bertz CT molecular complexity index is 379. The van der Waals surface area contributed by atoms with E-state index in [4.69, 9.17) is 4.74 Å². The van der Waals surface area contributed by atoms with Gasteiger partial charge >= 0.3 is 0 Å². The van der Waals surface area contributed by atoms with Crippen LogP contribution in [0.1, 0.15) is 25.8 Å². The molecule has 0 radical (unpaired) electrons. The Morgan fingerprint density at radius 2 is 1.85 bits per heavy atom. The lowest BCUT2D eigenvalue weighted by atomic mass is 10.2. The normalized spacial score (nSPS) is 10.7. The SMILES string of the molecule is CCCN=C(NCC)NCCOc1ccc(C)cc1.I. The van der Waals surface area contributed by atoms with Crippen molar-refractivity contribution >= 4 is 29.9 Å². The summed E-state index contributed by atoms with van der Waals surface area (Å²) in [7, 11) is 0. The van der Waals surface area contributed by atoms with Gasteiger partial charge in [-0.15, -0.1) is 24.0 Å². The fourth-order valence-electron chi connectivity index (χ4n) is 1.54. The number of halogens is 1. The summed E-state index contributed by atoms with van der Waals surface area (Å²) in [5.41, 5.74) is 1.24. The fourth-order valence-corrected chi connectivity index (χ4v) is 1.54. The van der Waals surface area contributed by atoms with Gasteiger partial charge in [-0.2, -0.15) is 0 Å². The molecule has 1 rings (SSSR count). The molecular formula is C15H26IN3O. The van der Waals surface area contributed by atoms with Gasteiger partial charge in [-0.25, -0.2) is 0 Å². The van der Waals surface area contributed by atoms with E-state index in [-0.39, 0.29) is 24.0 Å². The number of hydrogen-bond acceptors (Lipinski definition) is 2. The number of nitrogens with one attached hydrogen (secondary N) is 2. The average Bonchev–Trinajstić information content (AvgIpc) is 2.42. The Balaban J connectivity index is 0.00000361. The van der Waals surface area contributed by atoms with Gasteiger partial charge in [-0.3, -0.25) is 4.99 Å². The monoisotopic (exact) mass is 391 g/mol. The Hall–Kier alpha value is -0.980.